The highest BCUT2D eigenvalue weighted by molar-refractivity contribution is 5.93. The van der Waals surface area contributed by atoms with E-state index >= 15 is 0 Å². The van der Waals surface area contributed by atoms with Crippen molar-refractivity contribution in [3.05, 3.63) is 72.3 Å². The van der Waals surface area contributed by atoms with Crippen LogP contribution in [-0.4, -0.2) is 16.0 Å². The van der Waals surface area contributed by atoms with Crippen molar-refractivity contribution >= 4 is 22.4 Å². The molecule has 3 aromatic rings. The molecule has 0 spiro atoms. The second-order valence-electron chi connectivity index (χ2n) is 5.35. The molecule has 1 atom stereocenters. The number of carbonyl (C=O) groups excluding carboxylic acids is 1. The number of amides is 1. The lowest BCUT2D eigenvalue weighted by Crippen LogP contribution is -2.30. The Bertz CT molecular complexity index is 864. The molecule has 0 fully saturated rings. The number of rotatable bonds is 5. The van der Waals surface area contributed by atoms with Crippen molar-refractivity contribution in [3.63, 3.8) is 0 Å². The van der Waals surface area contributed by atoms with Gasteiger partial charge in [-0.25, -0.2) is 4.39 Å². The van der Waals surface area contributed by atoms with Crippen LogP contribution in [0.1, 0.15) is 18.1 Å². The number of fused-ring (bicyclic) bond motifs is 1. The second-order valence-corrected chi connectivity index (χ2v) is 5.35. The van der Waals surface area contributed by atoms with Crippen LogP contribution in [0.2, 0.25) is 0 Å². The van der Waals surface area contributed by atoms with Gasteiger partial charge in [-0.2, -0.15) is 0 Å². The van der Waals surface area contributed by atoms with Gasteiger partial charge in [0.05, 0.1) is 18.2 Å². The van der Waals surface area contributed by atoms with Gasteiger partial charge in [-0.15, -0.1) is 0 Å². The lowest BCUT2D eigenvalue weighted by Gasteiger charge is -2.13. The fraction of sp³-hybridized carbons (Fsp3) is 0.111. The topological polar surface area (TPSA) is 74.2 Å². The minimum atomic E-state index is -1.07. The zero-order valence-electron chi connectivity index (χ0n) is 12.7. The molecule has 24 heavy (non-hydrogen) atoms. The van der Waals surface area contributed by atoms with Gasteiger partial charge in [0.2, 0.25) is 5.91 Å². The first-order valence-corrected chi connectivity index (χ1v) is 7.44. The molecule has 6 heteroatoms. The number of halogens is 1. The second kappa shape index (κ2) is 7.06. The number of hydrazine groups is 1. The zero-order chi connectivity index (χ0) is 16.9. The molecule has 0 radical (unpaired) electrons. The molecular weight excluding hydrogens is 309 g/mol. The number of aliphatic hydroxyl groups excluding tert-OH is 1. The predicted molar refractivity (Wildman–Crippen MR) is 89.5 cm³/mol. The molecule has 122 valence electrons. The minimum absolute atomic E-state index is 0.178. The standard InChI is InChI=1S/C18H16FN3O2/c19-14-5-1-3-12(9-14)17(23)10-18(24)22-21-16-6-2-4-13-11-20-8-7-15(13)16/h1-9,11,17,21,23H,10H2,(H,22,24). The van der Waals surface area contributed by atoms with Crippen molar-refractivity contribution in [2.45, 2.75) is 12.5 Å². The van der Waals surface area contributed by atoms with Crippen molar-refractivity contribution in [2.75, 3.05) is 5.43 Å². The van der Waals surface area contributed by atoms with E-state index in [4.69, 9.17) is 0 Å². The Kier molecular flexibility index (Phi) is 4.67. The van der Waals surface area contributed by atoms with E-state index in [2.05, 4.69) is 15.8 Å². The summed E-state index contributed by atoms with van der Waals surface area (Å²) in [5.41, 5.74) is 6.47. The Labute approximate surface area is 138 Å². The van der Waals surface area contributed by atoms with Crippen LogP contribution in [0.15, 0.2) is 60.9 Å². The summed E-state index contributed by atoms with van der Waals surface area (Å²) in [5, 5.41) is 11.9. The third-order valence-corrected chi connectivity index (χ3v) is 3.63. The Morgan fingerprint density at radius 2 is 2.04 bits per heavy atom. The first-order valence-electron chi connectivity index (χ1n) is 7.44. The van der Waals surface area contributed by atoms with Gasteiger partial charge in [-0.1, -0.05) is 24.3 Å². The molecular formula is C18H16FN3O2. The summed E-state index contributed by atoms with van der Waals surface area (Å²) < 4.78 is 13.2. The average Bonchev–Trinajstić information content (AvgIpc) is 2.60. The van der Waals surface area contributed by atoms with Gasteiger partial charge < -0.3 is 5.11 Å². The van der Waals surface area contributed by atoms with Gasteiger partial charge >= 0.3 is 0 Å². The van der Waals surface area contributed by atoms with Crippen molar-refractivity contribution < 1.29 is 14.3 Å². The number of nitrogens with zero attached hydrogens (tertiary/aromatic N) is 1. The molecule has 1 unspecified atom stereocenters. The maximum atomic E-state index is 13.2. The molecule has 3 N–H and O–H groups in total. The Balaban J connectivity index is 1.63. The largest absolute Gasteiger partial charge is 0.388 e. The summed E-state index contributed by atoms with van der Waals surface area (Å²) in [7, 11) is 0. The summed E-state index contributed by atoms with van der Waals surface area (Å²) >= 11 is 0. The van der Waals surface area contributed by atoms with Crippen molar-refractivity contribution in [1.29, 1.82) is 0 Å². The van der Waals surface area contributed by atoms with Crippen LogP contribution >= 0.6 is 0 Å². The number of aliphatic hydroxyl groups is 1. The molecule has 1 heterocycles. The highest BCUT2D eigenvalue weighted by atomic mass is 19.1. The number of nitrogens with one attached hydrogen (secondary N) is 2. The third kappa shape index (κ3) is 3.67. The molecule has 0 aliphatic carbocycles. The van der Waals surface area contributed by atoms with Gasteiger partial charge in [-0.05, 0) is 29.8 Å². The summed E-state index contributed by atoms with van der Waals surface area (Å²) in [5.74, 6) is -0.854. The summed E-state index contributed by atoms with van der Waals surface area (Å²) in [6.07, 6.45) is 2.15. The van der Waals surface area contributed by atoms with E-state index < -0.39 is 17.8 Å². The van der Waals surface area contributed by atoms with Crippen LogP contribution in [0.4, 0.5) is 10.1 Å². The van der Waals surface area contributed by atoms with E-state index in [0.29, 0.717) is 5.56 Å². The molecule has 0 saturated carbocycles. The van der Waals surface area contributed by atoms with Crippen LogP contribution < -0.4 is 10.9 Å². The quantitative estimate of drug-likeness (QED) is 0.631. The molecule has 2 aromatic carbocycles. The normalized spacial score (nSPS) is 11.9. The van der Waals surface area contributed by atoms with Crippen LogP contribution in [-0.2, 0) is 4.79 Å². The van der Waals surface area contributed by atoms with Crippen molar-refractivity contribution in [3.8, 4) is 0 Å². The van der Waals surface area contributed by atoms with Gasteiger partial charge in [0.15, 0.2) is 0 Å². The molecule has 0 bridgehead atoms. The fourth-order valence-electron chi connectivity index (χ4n) is 2.43. The van der Waals surface area contributed by atoms with Crippen LogP contribution in [0.5, 0.6) is 0 Å². The fourth-order valence-corrected chi connectivity index (χ4v) is 2.43. The summed E-state index contributed by atoms with van der Waals surface area (Å²) in [6.45, 7) is 0. The zero-order valence-corrected chi connectivity index (χ0v) is 12.7. The van der Waals surface area contributed by atoms with Crippen LogP contribution in [0, 0.1) is 5.82 Å². The smallest absolute Gasteiger partial charge is 0.241 e. The Morgan fingerprint density at radius 3 is 2.88 bits per heavy atom. The Morgan fingerprint density at radius 1 is 1.21 bits per heavy atom. The molecule has 5 nitrogen and oxygen atoms in total. The molecule has 0 aliphatic heterocycles. The van der Waals surface area contributed by atoms with Gasteiger partial charge in [-0.3, -0.25) is 20.6 Å². The minimum Gasteiger partial charge on any atom is -0.388 e. The van der Waals surface area contributed by atoms with E-state index in [1.54, 1.807) is 18.5 Å². The van der Waals surface area contributed by atoms with E-state index in [1.807, 2.05) is 24.3 Å². The lowest BCUT2D eigenvalue weighted by molar-refractivity contribution is -0.122. The summed E-state index contributed by atoms with van der Waals surface area (Å²) in [4.78, 5) is 16.0. The SMILES string of the molecule is O=C(CC(O)c1cccc(F)c1)NNc1cccc2cnccc12. The molecule has 1 aromatic heterocycles. The maximum Gasteiger partial charge on any atom is 0.241 e. The lowest BCUT2D eigenvalue weighted by atomic mass is 10.1. The molecule has 3 rings (SSSR count). The first kappa shape index (κ1) is 15.9. The number of anilines is 1. The number of hydrogen-bond donors (Lipinski definition) is 3. The van der Waals surface area contributed by atoms with E-state index in [0.717, 1.165) is 16.5 Å². The van der Waals surface area contributed by atoms with Gasteiger partial charge in [0, 0.05) is 23.2 Å². The van der Waals surface area contributed by atoms with Gasteiger partial charge in [0.25, 0.3) is 0 Å². The number of benzene rings is 2. The van der Waals surface area contributed by atoms with E-state index in [-0.39, 0.29) is 6.42 Å². The first-order chi connectivity index (χ1) is 11.6. The average molecular weight is 325 g/mol. The van der Waals surface area contributed by atoms with Gasteiger partial charge in [0.1, 0.15) is 5.82 Å². The third-order valence-electron chi connectivity index (χ3n) is 3.63. The highest BCUT2D eigenvalue weighted by Gasteiger charge is 2.13. The number of pyridine rings is 1. The molecule has 0 saturated heterocycles. The highest BCUT2D eigenvalue weighted by Crippen LogP contribution is 2.21. The molecule has 1 amide bonds. The Hall–Kier alpha value is -2.99. The van der Waals surface area contributed by atoms with Crippen LogP contribution in [0.3, 0.4) is 0 Å². The monoisotopic (exact) mass is 325 g/mol. The van der Waals surface area contributed by atoms with E-state index in [9.17, 15) is 14.3 Å². The molecule has 0 aliphatic rings. The van der Waals surface area contributed by atoms with E-state index in [1.165, 1.54) is 18.2 Å². The maximum absolute atomic E-state index is 13.2. The summed E-state index contributed by atoms with van der Waals surface area (Å²) in [6, 6.07) is 13.0. The predicted octanol–water partition coefficient (Wildman–Crippen LogP) is 2.94. The van der Waals surface area contributed by atoms with Crippen molar-refractivity contribution in [1.82, 2.24) is 10.4 Å². The number of carbonyl (C=O) groups is 1. The van der Waals surface area contributed by atoms with Crippen molar-refractivity contribution in [2.24, 2.45) is 0 Å². The van der Waals surface area contributed by atoms with Crippen LogP contribution in [0.25, 0.3) is 10.8 Å². The number of hydrogen-bond acceptors (Lipinski definition) is 4. The number of aromatic nitrogens is 1.